The van der Waals surface area contributed by atoms with Crippen molar-refractivity contribution in [3.8, 4) is 23.0 Å². The molecule has 26 heavy (non-hydrogen) atoms. The molecule has 1 atom stereocenters. The Balaban J connectivity index is 1.87. The highest BCUT2D eigenvalue weighted by Gasteiger charge is 2.36. The number of nitrogens with zero attached hydrogens (tertiary/aromatic N) is 1. The van der Waals surface area contributed by atoms with E-state index in [-0.39, 0.29) is 18.6 Å². The van der Waals surface area contributed by atoms with Crippen molar-refractivity contribution in [3.05, 3.63) is 16.5 Å². The molecule has 2 N–H and O–H groups in total. The average Bonchev–Trinajstić information content (AvgIpc) is 3.26. The number of rotatable bonds is 5. The van der Waals surface area contributed by atoms with Crippen LogP contribution in [0, 0.1) is 0 Å². The smallest absolute Gasteiger partial charge is 0.231 e. The molecule has 0 saturated carbocycles. The first-order valence-corrected chi connectivity index (χ1v) is 9.06. The molecule has 1 unspecified atom stereocenters. The molecule has 0 aliphatic carbocycles. The third kappa shape index (κ3) is 2.59. The predicted octanol–water partition coefficient (Wildman–Crippen LogP) is 2.79. The van der Waals surface area contributed by atoms with Gasteiger partial charge in [-0.15, -0.1) is 0 Å². The Hall–Kier alpha value is -2.68. The highest BCUT2D eigenvalue weighted by molar-refractivity contribution is 7.16. The number of ether oxygens (including phenoxy) is 4. The fourth-order valence-electron chi connectivity index (χ4n) is 3.25. The molecule has 8 nitrogen and oxygen atoms in total. The molecule has 2 aromatic rings. The number of carbonyl (C=O) groups excluding carboxylic acids is 1. The van der Waals surface area contributed by atoms with Gasteiger partial charge in [-0.3, -0.25) is 4.79 Å². The third-order valence-electron chi connectivity index (χ3n) is 4.34. The van der Waals surface area contributed by atoms with Crippen LogP contribution in [0.2, 0.25) is 0 Å². The molecule has 4 rings (SSSR count). The van der Waals surface area contributed by atoms with E-state index in [0.29, 0.717) is 35.2 Å². The van der Waals surface area contributed by atoms with Crippen LogP contribution in [0.3, 0.4) is 0 Å². The third-order valence-corrected chi connectivity index (χ3v) is 5.46. The first-order chi connectivity index (χ1) is 12.7. The second-order valence-corrected chi connectivity index (χ2v) is 6.86. The van der Waals surface area contributed by atoms with E-state index >= 15 is 0 Å². The SMILES string of the molecule is CCNc1nc2c(s1)C(c1cc(OC)c3c(c1OC)OCO3)CC(=O)N2. The molecule has 2 aliphatic heterocycles. The van der Waals surface area contributed by atoms with Crippen LogP contribution < -0.4 is 29.6 Å². The van der Waals surface area contributed by atoms with E-state index in [2.05, 4.69) is 15.6 Å². The molecule has 1 aromatic heterocycles. The van der Waals surface area contributed by atoms with Gasteiger partial charge in [0.15, 0.2) is 16.6 Å². The molecule has 0 spiro atoms. The first kappa shape index (κ1) is 16.8. The number of aromatic nitrogens is 1. The van der Waals surface area contributed by atoms with Crippen LogP contribution in [0.25, 0.3) is 0 Å². The Morgan fingerprint density at radius 2 is 2.15 bits per heavy atom. The molecule has 0 fully saturated rings. The van der Waals surface area contributed by atoms with Crippen molar-refractivity contribution in [2.45, 2.75) is 19.3 Å². The maximum Gasteiger partial charge on any atom is 0.231 e. The Bertz CT molecular complexity index is 867. The first-order valence-electron chi connectivity index (χ1n) is 8.25. The molecule has 3 heterocycles. The number of nitrogens with one attached hydrogen (secondary N) is 2. The normalized spacial score (nSPS) is 17.5. The van der Waals surface area contributed by atoms with Crippen molar-refractivity contribution in [1.82, 2.24) is 4.98 Å². The zero-order valence-electron chi connectivity index (χ0n) is 14.7. The van der Waals surface area contributed by atoms with E-state index < -0.39 is 0 Å². The number of carbonyl (C=O) groups is 1. The molecule has 1 amide bonds. The molecule has 138 valence electrons. The van der Waals surface area contributed by atoms with Crippen LogP contribution in [-0.4, -0.2) is 38.4 Å². The lowest BCUT2D eigenvalue weighted by Crippen LogP contribution is -2.23. The molecule has 0 radical (unpaired) electrons. The minimum absolute atomic E-state index is 0.0884. The van der Waals surface area contributed by atoms with Gasteiger partial charge < -0.3 is 29.6 Å². The highest BCUT2D eigenvalue weighted by atomic mass is 32.1. The second kappa shape index (κ2) is 6.56. The van der Waals surface area contributed by atoms with E-state index in [1.807, 2.05) is 13.0 Å². The summed E-state index contributed by atoms with van der Waals surface area (Å²) >= 11 is 1.53. The van der Waals surface area contributed by atoms with Crippen molar-refractivity contribution >= 4 is 28.2 Å². The minimum Gasteiger partial charge on any atom is -0.493 e. The highest BCUT2D eigenvalue weighted by Crippen LogP contribution is 2.54. The molecule has 2 aliphatic rings. The van der Waals surface area contributed by atoms with Crippen molar-refractivity contribution in [1.29, 1.82) is 0 Å². The summed E-state index contributed by atoms with van der Waals surface area (Å²) in [7, 11) is 3.15. The van der Waals surface area contributed by atoms with Gasteiger partial charge in [-0.1, -0.05) is 11.3 Å². The van der Waals surface area contributed by atoms with Gasteiger partial charge in [-0.05, 0) is 13.0 Å². The molecular weight excluding hydrogens is 358 g/mol. The predicted molar refractivity (Wildman–Crippen MR) is 97.0 cm³/mol. The van der Waals surface area contributed by atoms with Crippen molar-refractivity contribution in [3.63, 3.8) is 0 Å². The largest absolute Gasteiger partial charge is 0.493 e. The topological polar surface area (TPSA) is 90.9 Å². The van der Waals surface area contributed by atoms with Crippen LogP contribution in [0.1, 0.15) is 29.7 Å². The Kier molecular flexibility index (Phi) is 4.23. The zero-order valence-corrected chi connectivity index (χ0v) is 15.5. The lowest BCUT2D eigenvalue weighted by molar-refractivity contribution is -0.116. The van der Waals surface area contributed by atoms with Gasteiger partial charge in [-0.2, -0.15) is 0 Å². The monoisotopic (exact) mass is 377 g/mol. The minimum atomic E-state index is -0.206. The number of anilines is 2. The lowest BCUT2D eigenvalue weighted by atomic mass is 9.90. The number of fused-ring (bicyclic) bond motifs is 2. The summed E-state index contributed by atoms with van der Waals surface area (Å²) in [5, 5.41) is 6.82. The molecule has 9 heteroatoms. The number of thiazole rings is 1. The zero-order chi connectivity index (χ0) is 18.3. The Morgan fingerprint density at radius 1 is 1.35 bits per heavy atom. The Labute approximate surface area is 154 Å². The fraction of sp³-hybridized carbons (Fsp3) is 0.412. The summed E-state index contributed by atoms with van der Waals surface area (Å²) in [6, 6.07) is 1.85. The van der Waals surface area contributed by atoms with E-state index in [1.165, 1.54) is 11.3 Å². The lowest BCUT2D eigenvalue weighted by Gasteiger charge is -2.24. The second-order valence-electron chi connectivity index (χ2n) is 5.83. The van der Waals surface area contributed by atoms with Crippen LogP contribution in [0.15, 0.2) is 6.07 Å². The van der Waals surface area contributed by atoms with Crippen molar-refractivity contribution in [2.24, 2.45) is 0 Å². The van der Waals surface area contributed by atoms with Gasteiger partial charge in [0.25, 0.3) is 0 Å². The van der Waals surface area contributed by atoms with Crippen LogP contribution in [0.4, 0.5) is 10.9 Å². The summed E-state index contributed by atoms with van der Waals surface area (Å²) in [4.78, 5) is 17.7. The number of benzene rings is 1. The van der Waals surface area contributed by atoms with Crippen LogP contribution >= 0.6 is 11.3 Å². The molecular formula is C17H19N3O5S. The van der Waals surface area contributed by atoms with Gasteiger partial charge in [-0.25, -0.2) is 4.98 Å². The standard InChI is InChI=1S/C17H19N3O5S/c1-4-18-17-20-16-15(26-17)9(6-11(21)19-16)8-5-10(22-2)13-14(12(8)23-3)25-7-24-13/h5,9H,4,6-7H2,1-3H3,(H,18,20)(H,19,21). The van der Waals surface area contributed by atoms with E-state index in [9.17, 15) is 4.79 Å². The van der Waals surface area contributed by atoms with Gasteiger partial charge in [0, 0.05) is 24.4 Å². The van der Waals surface area contributed by atoms with Crippen LogP contribution in [-0.2, 0) is 4.79 Å². The van der Waals surface area contributed by atoms with Gasteiger partial charge in [0.05, 0.1) is 19.1 Å². The molecule has 1 aromatic carbocycles. The number of amides is 1. The fourth-order valence-corrected chi connectivity index (χ4v) is 4.36. The maximum absolute atomic E-state index is 12.3. The summed E-state index contributed by atoms with van der Waals surface area (Å²) in [6.07, 6.45) is 0.292. The van der Waals surface area contributed by atoms with E-state index in [0.717, 1.165) is 22.1 Å². The van der Waals surface area contributed by atoms with Crippen molar-refractivity contribution < 1.29 is 23.7 Å². The van der Waals surface area contributed by atoms with E-state index in [1.54, 1.807) is 14.2 Å². The summed E-state index contributed by atoms with van der Waals surface area (Å²) < 4.78 is 22.2. The molecule has 0 bridgehead atoms. The summed E-state index contributed by atoms with van der Waals surface area (Å²) in [5.74, 6) is 2.43. The summed E-state index contributed by atoms with van der Waals surface area (Å²) in [6.45, 7) is 2.86. The number of hydrogen-bond acceptors (Lipinski definition) is 8. The summed E-state index contributed by atoms with van der Waals surface area (Å²) in [5.41, 5.74) is 0.816. The Morgan fingerprint density at radius 3 is 2.88 bits per heavy atom. The van der Waals surface area contributed by atoms with Gasteiger partial charge in [0.2, 0.25) is 24.2 Å². The maximum atomic E-state index is 12.3. The van der Waals surface area contributed by atoms with E-state index in [4.69, 9.17) is 18.9 Å². The van der Waals surface area contributed by atoms with Crippen LogP contribution in [0.5, 0.6) is 23.0 Å². The molecule has 0 saturated heterocycles. The number of methoxy groups -OCH3 is 2. The quantitative estimate of drug-likeness (QED) is 0.828. The van der Waals surface area contributed by atoms with Gasteiger partial charge >= 0.3 is 0 Å². The van der Waals surface area contributed by atoms with Gasteiger partial charge in [0.1, 0.15) is 5.82 Å². The number of hydrogen-bond donors (Lipinski definition) is 2. The van der Waals surface area contributed by atoms with Crippen molar-refractivity contribution in [2.75, 3.05) is 38.2 Å². The average molecular weight is 377 g/mol.